The van der Waals surface area contributed by atoms with Crippen molar-refractivity contribution in [1.29, 1.82) is 0 Å². The number of para-hydroxylation sites is 1. The molecule has 2 aromatic rings. The molecule has 0 radical (unpaired) electrons. The Morgan fingerprint density at radius 3 is 2.67 bits per heavy atom. The third-order valence-corrected chi connectivity index (χ3v) is 4.44. The normalized spacial score (nSPS) is 14.4. The van der Waals surface area contributed by atoms with Crippen molar-refractivity contribution in [2.24, 2.45) is 0 Å². The summed E-state index contributed by atoms with van der Waals surface area (Å²) in [4.78, 5) is 15.9. The highest BCUT2D eigenvalue weighted by atomic mass is 32.2. The van der Waals surface area contributed by atoms with Crippen LogP contribution in [0.2, 0.25) is 0 Å². The first-order chi connectivity index (χ1) is 10.3. The van der Waals surface area contributed by atoms with Gasteiger partial charge in [-0.2, -0.15) is 0 Å². The number of carbonyl (C=O) groups is 1. The van der Waals surface area contributed by atoms with E-state index in [0.29, 0.717) is 6.54 Å². The van der Waals surface area contributed by atoms with E-state index in [-0.39, 0.29) is 5.91 Å². The Labute approximate surface area is 129 Å². The van der Waals surface area contributed by atoms with Crippen LogP contribution < -0.4 is 10.2 Å². The van der Waals surface area contributed by atoms with Gasteiger partial charge in [-0.15, -0.1) is 11.8 Å². The first-order valence-electron chi connectivity index (χ1n) is 7.04. The van der Waals surface area contributed by atoms with Gasteiger partial charge in [0.25, 0.3) is 5.91 Å². The summed E-state index contributed by atoms with van der Waals surface area (Å²) in [7, 11) is 0. The third kappa shape index (κ3) is 2.96. The molecule has 0 fully saturated rings. The molecule has 2 aromatic carbocycles. The fourth-order valence-corrected chi connectivity index (χ4v) is 2.97. The Morgan fingerprint density at radius 1 is 1.14 bits per heavy atom. The van der Waals surface area contributed by atoms with E-state index in [2.05, 4.69) is 11.4 Å². The van der Waals surface area contributed by atoms with E-state index in [1.54, 1.807) is 11.8 Å². The average Bonchev–Trinajstić information content (AvgIpc) is 2.77. The minimum atomic E-state index is 0.0683. The van der Waals surface area contributed by atoms with Crippen LogP contribution in [0.15, 0.2) is 53.4 Å². The van der Waals surface area contributed by atoms with Crippen molar-refractivity contribution in [3.63, 3.8) is 0 Å². The topological polar surface area (TPSA) is 32.3 Å². The Morgan fingerprint density at radius 2 is 1.90 bits per heavy atom. The molecule has 1 heterocycles. The monoisotopic (exact) mass is 298 g/mol. The second kappa shape index (κ2) is 6.33. The molecule has 0 saturated carbocycles. The quantitative estimate of drug-likeness (QED) is 0.864. The highest BCUT2D eigenvalue weighted by Crippen LogP contribution is 2.24. The lowest BCUT2D eigenvalue weighted by atomic mass is 10.1. The van der Waals surface area contributed by atoms with Crippen molar-refractivity contribution < 1.29 is 4.79 Å². The number of benzene rings is 2. The van der Waals surface area contributed by atoms with Gasteiger partial charge in [-0.1, -0.05) is 18.2 Å². The number of thioether (sulfide) groups is 1. The van der Waals surface area contributed by atoms with Crippen molar-refractivity contribution in [3.05, 3.63) is 59.7 Å². The standard InChI is InChI=1S/C17H18N2OS/c1-21-15-8-6-13(7-9-15)17(20)19-11-10-18-12-14-4-2-3-5-16(14)19/h2-9,18H,10-12H2,1H3. The van der Waals surface area contributed by atoms with Crippen LogP contribution in [0.25, 0.3) is 0 Å². The molecule has 1 N–H and O–H groups in total. The lowest BCUT2D eigenvalue weighted by Crippen LogP contribution is -2.34. The number of nitrogens with one attached hydrogen (secondary N) is 1. The van der Waals surface area contributed by atoms with E-state index in [0.717, 1.165) is 24.3 Å². The zero-order valence-corrected chi connectivity index (χ0v) is 12.8. The van der Waals surface area contributed by atoms with E-state index in [4.69, 9.17) is 0 Å². The molecule has 0 unspecified atom stereocenters. The van der Waals surface area contributed by atoms with Gasteiger partial charge in [0.2, 0.25) is 0 Å². The van der Waals surface area contributed by atoms with E-state index >= 15 is 0 Å². The van der Waals surface area contributed by atoms with Gasteiger partial charge in [-0.3, -0.25) is 4.79 Å². The van der Waals surface area contributed by atoms with Crippen LogP contribution in [-0.4, -0.2) is 25.3 Å². The second-order valence-corrected chi connectivity index (χ2v) is 5.87. The summed E-state index contributed by atoms with van der Waals surface area (Å²) in [6.07, 6.45) is 2.04. The number of anilines is 1. The second-order valence-electron chi connectivity index (χ2n) is 4.99. The molecule has 1 aliphatic rings. The lowest BCUT2D eigenvalue weighted by Gasteiger charge is -2.22. The highest BCUT2D eigenvalue weighted by Gasteiger charge is 2.21. The maximum Gasteiger partial charge on any atom is 0.258 e. The van der Waals surface area contributed by atoms with Crippen molar-refractivity contribution >= 4 is 23.4 Å². The van der Waals surface area contributed by atoms with Gasteiger partial charge in [-0.05, 0) is 42.2 Å². The first-order valence-corrected chi connectivity index (χ1v) is 8.26. The van der Waals surface area contributed by atoms with Crippen molar-refractivity contribution in [1.82, 2.24) is 5.32 Å². The molecular formula is C17H18N2OS. The van der Waals surface area contributed by atoms with Crippen LogP contribution in [0.4, 0.5) is 5.69 Å². The Hall–Kier alpha value is -1.78. The molecule has 0 spiro atoms. The van der Waals surface area contributed by atoms with Crippen LogP contribution in [0.5, 0.6) is 0 Å². The van der Waals surface area contributed by atoms with Gasteiger partial charge in [0.15, 0.2) is 0 Å². The summed E-state index contributed by atoms with van der Waals surface area (Å²) < 4.78 is 0. The van der Waals surface area contributed by atoms with E-state index < -0.39 is 0 Å². The van der Waals surface area contributed by atoms with E-state index in [9.17, 15) is 4.79 Å². The van der Waals surface area contributed by atoms with Crippen molar-refractivity contribution in [2.75, 3.05) is 24.2 Å². The summed E-state index contributed by atoms with van der Waals surface area (Å²) >= 11 is 1.68. The van der Waals surface area contributed by atoms with Gasteiger partial charge in [0, 0.05) is 35.8 Å². The maximum atomic E-state index is 12.8. The summed E-state index contributed by atoms with van der Waals surface area (Å²) in [5, 5.41) is 3.36. The number of hydrogen-bond donors (Lipinski definition) is 1. The first kappa shape index (κ1) is 14.2. The molecule has 0 aromatic heterocycles. The number of fused-ring (bicyclic) bond motifs is 1. The van der Waals surface area contributed by atoms with Crippen molar-refractivity contribution in [3.8, 4) is 0 Å². The number of amides is 1. The number of rotatable bonds is 2. The van der Waals surface area contributed by atoms with Crippen LogP contribution in [-0.2, 0) is 6.54 Å². The van der Waals surface area contributed by atoms with Crippen LogP contribution in [0.3, 0.4) is 0 Å². The molecule has 0 saturated heterocycles. The molecular weight excluding hydrogens is 280 g/mol. The Balaban J connectivity index is 1.93. The van der Waals surface area contributed by atoms with E-state index in [1.165, 1.54) is 10.5 Å². The number of carbonyl (C=O) groups excluding carboxylic acids is 1. The molecule has 1 aliphatic heterocycles. The minimum absolute atomic E-state index is 0.0683. The molecule has 21 heavy (non-hydrogen) atoms. The summed E-state index contributed by atoms with van der Waals surface area (Å²) in [6.45, 7) is 2.31. The zero-order chi connectivity index (χ0) is 14.7. The molecule has 0 bridgehead atoms. The predicted molar refractivity (Wildman–Crippen MR) is 88.0 cm³/mol. The minimum Gasteiger partial charge on any atom is -0.311 e. The zero-order valence-electron chi connectivity index (χ0n) is 12.0. The van der Waals surface area contributed by atoms with Gasteiger partial charge in [0.1, 0.15) is 0 Å². The van der Waals surface area contributed by atoms with Gasteiger partial charge < -0.3 is 10.2 Å². The van der Waals surface area contributed by atoms with Gasteiger partial charge in [0.05, 0.1) is 0 Å². The predicted octanol–water partition coefficient (Wildman–Crippen LogP) is 3.16. The SMILES string of the molecule is CSc1ccc(C(=O)N2CCNCc3ccccc32)cc1. The third-order valence-electron chi connectivity index (χ3n) is 3.69. The van der Waals surface area contributed by atoms with E-state index in [1.807, 2.05) is 53.6 Å². The molecule has 1 amide bonds. The Kier molecular flexibility index (Phi) is 4.27. The maximum absolute atomic E-state index is 12.8. The van der Waals surface area contributed by atoms with Gasteiger partial charge >= 0.3 is 0 Å². The molecule has 108 valence electrons. The number of nitrogens with zero attached hydrogens (tertiary/aromatic N) is 1. The van der Waals surface area contributed by atoms with Gasteiger partial charge in [-0.25, -0.2) is 0 Å². The highest BCUT2D eigenvalue weighted by molar-refractivity contribution is 7.98. The molecule has 3 rings (SSSR count). The molecule has 4 heteroatoms. The van der Waals surface area contributed by atoms with Crippen LogP contribution >= 0.6 is 11.8 Å². The Bertz CT molecular complexity index is 639. The van der Waals surface area contributed by atoms with Crippen LogP contribution in [0.1, 0.15) is 15.9 Å². The average molecular weight is 298 g/mol. The molecule has 0 atom stereocenters. The summed E-state index contributed by atoms with van der Waals surface area (Å²) in [6, 6.07) is 15.9. The lowest BCUT2D eigenvalue weighted by molar-refractivity contribution is 0.0987. The number of hydrogen-bond acceptors (Lipinski definition) is 3. The fourth-order valence-electron chi connectivity index (χ4n) is 2.56. The fraction of sp³-hybridized carbons (Fsp3) is 0.235. The smallest absolute Gasteiger partial charge is 0.258 e. The summed E-state index contributed by atoms with van der Waals surface area (Å²) in [5.74, 6) is 0.0683. The summed E-state index contributed by atoms with van der Waals surface area (Å²) in [5.41, 5.74) is 2.93. The largest absolute Gasteiger partial charge is 0.311 e. The van der Waals surface area contributed by atoms with Crippen molar-refractivity contribution in [2.45, 2.75) is 11.4 Å². The van der Waals surface area contributed by atoms with Crippen LogP contribution in [0, 0.1) is 0 Å². The molecule has 0 aliphatic carbocycles. The molecule has 3 nitrogen and oxygen atoms in total.